The molecule has 1 N–H and O–H groups in total. The first-order chi connectivity index (χ1) is 19.1. The van der Waals surface area contributed by atoms with Gasteiger partial charge < -0.3 is 4.89 Å². The van der Waals surface area contributed by atoms with Crippen LogP contribution in [0, 0.1) is 0 Å². The minimum absolute atomic E-state index is 0.313. The van der Waals surface area contributed by atoms with Crippen molar-refractivity contribution in [2.75, 3.05) is 13.2 Å². The van der Waals surface area contributed by atoms with Crippen LogP contribution in [0.4, 0.5) is 0 Å². The summed E-state index contributed by atoms with van der Waals surface area (Å²) in [6, 6.07) is 0. The molecule has 4 nitrogen and oxygen atoms in total. The number of hydrogen-bond donors (Lipinski definition) is 1. The van der Waals surface area contributed by atoms with E-state index in [2.05, 4.69) is 26.0 Å². The molecule has 0 saturated heterocycles. The Kier molecular flexibility index (Phi) is 32.2. The van der Waals surface area contributed by atoms with E-state index in [-0.39, 0.29) is 0 Å². The van der Waals surface area contributed by atoms with Crippen LogP contribution in [-0.2, 0) is 13.6 Å². The van der Waals surface area contributed by atoms with Gasteiger partial charge in [-0.15, -0.1) is 0 Å². The van der Waals surface area contributed by atoms with Gasteiger partial charge in [0.05, 0.1) is 13.2 Å². The SMILES string of the molecule is CCCCCCCC/C=C\CCCCCCCCOP(=O)(O)OCCCCCCCCCCCCCCCC. The molecule has 0 aromatic heterocycles. The average molecular weight is 573 g/mol. The Bertz CT molecular complexity index is 537. The monoisotopic (exact) mass is 572 g/mol. The summed E-state index contributed by atoms with van der Waals surface area (Å²) >= 11 is 0. The van der Waals surface area contributed by atoms with Gasteiger partial charge >= 0.3 is 7.82 Å². The Morgan fingerprint density at radius 2 is 0.692 bits per heavy atom. The number of unbranched alkanes of at least 4 members (excludes halogenated alkanes) is 25. The van der Waals surface area contributed by atoms with Crippen LogP contribution >= 0.6 is 7.82 Å². The van der Waals surface area contributed by atoms with Gasteiger partial charge in [-0.1, -0.05) is 167 Å². The molecule has 5 heteroatoms. The van der Waals surface area contributed by atoms with Gasteiger partial charge in [0.25, 0.3) is 0 Å². The fourth-order valence-electron chi connectivity index (χ4n) is 5.04. The highest BCUT2D eigenvalue weighted by Gasteiger charge is 2.19. The van der Waals surface area contributed by atoms with Gasteiger partial charge in [0.2, 0.25) is 0 Å². The molecule has 0 heterocycles. The summed E-state index contributed by atoms with van der Waals surface area (Å²) in [5.74, 6) is 0. The molecule has 0 aliphatic carbocycles. The Morgan fingerprint density at radius 1 is 0.436 bits per heavy atom. The normalized spacial score (nSPS) is 13.4. The Morgan fingerprint density at radius 3 is 1.00 bits per heavy atom. The molecule has 0 rings (SSSR count). The summed E-state index contributed by atoms with van der Waals surface area (Å²) in [5.41, 5.74) is 0. The number of phosphoric acid groups is 1. The van der Waals surface area contributed by atoms with E-state index in [0.29, 0.717) is 13.2 Å². The van der Waals surface area contributed by atoms with E-state index < -0.39 is 7.82 Å². The van der Waals surface area contributed by atoms with Crippen LogP contribution in [0.3, 0.4) is 0 Å². The highest BCUT2D eigenvalue weighted by molar-refractivity contribution is 7.47. The van der Waals surface area contributed by atoms with Gasteiger partial charge in [0.15, 0.2) is 0 Å². The van der Waals surface area contributed by atoms with Gasteiger partial charge in [0, 0.05) is 0 Å². The zero-order valence-electron chi connectivity index (χ0n) is 26.5. The summed E-state index contributed by atoms with van der Waals surface area (Å²) in [4.78, 5) is 9.85. The predicted octanol–water partition coefficient (Wildman–Crippen LogP) is 12.6. The fourth-order valence-corrected chi connectivity index (χ4v) is 5.84. The van der Waals surface area contributed by atoms with Crippen molar-refractivity contribution < 1.29 is 18.5 Å². The molecule has 0 aromatic rings. The summed E-state index contributed by atoms with van der Waals surface area (Å²) in [7, 11) is -3.88. The van der Waals surface area contributed by atoms with E-state index in [1.165, 1.54) is 154 Å². The molecule has 1 atom stereocenters. The second-order valence-electron chi connectivity index (χ2n) is 11.7. The molecule has 1 unspecified atom stereocenters. The van der Waals surface area contributed by atoms with Crippen molar-refractivity contribution in [1.82, 2.24) is 0 Å². The first-order valence-corrected chi connectivity index (χ1v) is 18.9. The van der Waals surface area contributed by atoms with Crippen molar-refractivity contribution in [3.63, 3.8) is 0 Å². The highest BCUT2D eigenvalue weighted by Crippen LogP contribution is 2.43. The van der Waals surface area contributed by atoms with E-state index in [9.17, 15) is 9.46 Å². The quantitative estimate of drug-likeness (QED) is 0.0483. The predicted molar refractivity (Wildman–Crippen MR) is 171 cm³/mol. The molecule has 39 heavy (non-hydrogen) atoms. The zero-order valence-corrected chi connectivity index (χ0v) is 27.4. The minimum atomic E-state index is -3.88. The molecular weight excluding hydrogens is 503 g/mol. The van der Waals surface area contributed by atoms with Gasteiger partial charge in [0.1, 0.15) is 0 Å². The van der Waals surface area contributed by atoms with E-state index >= 15 is 0 Å². The third-order valence-electron chi connectivity index (χ3n) is 7.66. The van der Waals surface area contributed by atoms with Crippen LogP contribution in [0.1, 0.15) is 194 Å². The maximum atomic E-state index is 12.0. The lowest BCUT2D eigenvalue weighted by Crippen LogP contribution is -1.99. The maximum absolute atomic E-state index is 12.0. The van der Waals surface area contributed by atoms with Crippen molar-refractivity contribution >= 4 is 7.82 Å². The smallest absolute Gasteiger partial charge is 0.302 e. The molecule has 234 valence electrons. The Hall–Kier alpha value is -0.150. The van der Waals surface area contributed by atoms with Gasteiger partial charge in [-0.25, -0.2) is 4.57 Å². The van der Waals surface area contributed by atoms with Crippen LogP contribution in [0.15, 0.2) is 12.2 Å². The van der Waals surface area contributed by atoms with E-state index in [4.69, 9.17) is 9.05 Å². The van der Waals surface area contributed by atoms with Crippen molar-refractivity contribution in [2.24, 2.45) is 0 Å². The molecule has 0 fully saturated rings. The summed E-state index contributed by atoms with van der Waals surface area (Å²) in [6.45, 7) is 5.17. The zero-order chi connectivity index (χ0) is 28.5. The molecule has 0 bridgehead atoms. The molecule has 0 aromatic carbocycles. The lowest BCUT2D eigenvalue weighted by Gasteiger charge is -2.12. The number of rotatable bonds is 33. The molecular formula is C34H69O4P. The highest BCUT2D eigenvalue weighted by atomic mass is 31.2. The summed E-state index contributed by atoms with van der Waals surface area (Å²) in [6.07, 6.45) is 40.4. The van der Waals surface area contributed by atoms with Crippen LogP contribution in [0.5, 0.6) is 0 Å². The molecule has 0 aliphatic heterocycles. The van der Waals surface area contributed by atoms with Crippen molar-refractivity contribution in [3.05, 3.63) is 12.2 Å². The van der Waals surface area contributed by atoms with Crippen LogP contribution < -0.4 is 0 Å². The molecule has 0 aliphatic rings. The van der Waals surface area contributed by atoms with E-state index in [0.717, 1.165) is 25.7 Å². The second-order valence-corrected chi connectivity index (χ2v) is 13.1. The third kappa shape index (κ3) is 34.0. The standard InChI is InChI=1S/C34H69O4P/c1-3-5-7-9-11-13-15-17-19-20-22-24-26-28-30-32-34-38-39(35,36)37-33-31-29-27-25-23-21-18-16-14-12-10-8-6-4-2/h17,19H,3-16,18,20-34H2,1-2H3,(H,35,36)/b19-17-. The second kappa shape index (κ2) is 32.4. The summed E-state index contributed by atoms with van der Waals surface area (Å²) < 4.78 is 22.3. The first kappa shape index (κ1) is 38.9. The molecule has 0 saturated carbocycles. The lowest BCUT2D eigenvalue weighted by atomic mass is 10.0. The van der Waals surface area contributed by atoms with E-state index in [1.807, 2.05) is 0 Å². The Balaban J connectivity index is 3.31. The van der Waals surface area contributed by atoms with Crippen molar-refractivity contribution in [1.29, 1.82) is 0 Å². The van der Waals surface area contributed by atoms with Crippen molar-refractivity contribution in [3.8, 4) is 0 Å². The number of allylic oxidation sites excluding steroid dienone is 2. The van der Waals surface area contributed by atoms with Crippen molar-refractivity contribution in [2.45, 2.75) is 194 Å². The topological polar surface area (TPSA) is 55.8 Å². The van der Waals surface area contributed by atoms with Crippen LogP contribution in [0.25, 0.3) is 0 Å². The third-order valence-corrected chi connectivity index (χ3v) is 8.68. The Labute approximate surface area is 245 Å². The fraction of sp³-hybridized carbons (Fsp3) is 0.941. The molecule has 0 radical (unpaired) electrons. The minimum Gasteiger partial charge on any atom is -0.302 e. The van der Waals surface area contributed by atoms with Gasteiger partial charge in [-0.05, 0) is 38.5 Å². The largest absolute Gasteiger partial charge is 0.472 e. The molecule has 0 spiro atoms. The lowest BCUT2D eigenvalue weighted by molar-refractivity contribution is 0.145. The average Bonchev–Trinajstić information content (AvgIpc) is 2.92. The summed E-state index contributed by atoms with van der Waals surface area (Å²) in [5, 5.41) is 0. The van der Waals surface area contributed by atoms with Crippen LogP contribution in [0.2, 0.25) is 0 Å². The van der Waals surface area contributed by atoms with Gasteiger partial charge in [-0.2, -0.15) is 0 Å². The van der Waals surface area contributed by atoms with Gasteiger partial charge in [-0.3, -0.25) is 9.05 Å². The number of hydrogen-bond acceptors (Lipinski definition) is 3. The first-order valence-electron chi connectivity index (χ1n) is 17.4. The number of phosphoric ester groups is 1. The van der Waals surface area contributed by atoms with Crippen LogP contribution in [-0.4, -0.2) is 18.1 Å². The molecule has 0 amide bonds. The van der Waals surface area contributed by atoms with E-state index in [1.54, 1.807) is 0 Å². The maximum Gasteiger partial charge on any atom is 0.472 e.